The average Bonchev–Trinajstić information content (AvgIpc) is 2.70. The van der Waals surface area contributed by atoms with E-state index in [4.69, 9.17) is 21.1 Å². The summed E-state index contributed by atoms with van der Waals surface area (Å²) >= 11 is 5.85. The van der Waals surface area contributed by atoms with E-state index < -0.39 is 15.9 Å². The van der Waals surface area contributed by atoms with Gasteiger partial charge in [0.05, 0.1) is 24.2 Å². The van der Waals surface area contributed by atoms with Crippen molar-refractivity contribution in [3.8, 4) is 11.5 Å². The van der Waals surface area contributed by atoms with Gasteiger partial charge in [0.1, 0.15) is 6.10 Å². The monoisotopic (exact) mass is 304 g/mol. The topological polar surface area (TPSA) is 69.7 Å². The zero-order valence-electron chi connectivity index (χ0n) is 10.3. The molecule has 2 rings (SSSR count). The third-order valence-corrected chi connectivity index (χ3v) is 4.83. The van der Waals surface area contributed by atoms with Crippen molar-refractivity contribution in [2.75, 3.05) is 18.6 Å². The molecule has 1 heterocycles. The predicted octanol–water partition coefficient (Wildman–Crippen LogP) is 1.73. The van der Waals surface area contributed by atoms with Gasteiger partial charge in [0.25, 0.3) is 0 Å². The Bertz CT molecular complexity index is 596. The Labute approximate surface area is 116 Å². The normalized spacial score (nSPS) is 21.1. The smallest absolute Gasteiger partial charge is 0.172 e. The number of carbonyl (C=O) groups is 1. The molecule has 0 aromatic heterocycles. The summed E-state index contributed by atoms with van der Waals surface area (Å²) in [7, 11) is -1.61. The van der Waals surface area contributed by atoms with E-state index in [2.05, 4.69) is 0 Å². The van der Waals surface area contributed by atoms with Gasteiger partial charge in [0, 0.05) is 11.1 Å². The van der Waals surface area contributed by atoms with Gasteiger partial charge in [-0.25, -0.2) is 8.42 Å². The van der Waals surface area contributed by atoms with Crippen molar-refractivity contribution >= 4 is 27.7 Å². The van der Waals surface area contributed by atoms with Gasteiger partial charge in [-0.15, -0.1) is 0 Å². The van der Waals surface area contributed by atoms with E-state index in [1.54, 1.807) is 0 Å². The Morgan fingerprint density at radius 3 is 2.68 bits per heavy atom. The second-order valence-electron chi connectivity index (χ2n) is 4.29. The number of benzene rings is 1. The number of ether oxygens (including phenoxy) is 2. The first-order valence-electron chi connectivity index (χ1n) is 5.65. The number of halogens is 1. The number of methoxy groups -OCH3 is 1. The van der Waals surface area contributed by atoms with Crippen LogP contribution in [0.4, 0.5) is 0 Å². The standard InChI is InChI=1S/C12H13ClO5S/c1-17-11-5-9(13)4-8(6-14)12(11)18-10-2-3-19(15,16)7-10/h4-6,10H,2-3,7H2,1H3. The molecule has 0 bridgehead atoms. The number of hydrogen-bond acceptors (Lipinski definition) is 5. The Hall–Kier alpha value is -1.27. The van der Waals surface area contributed by atoms with Crippen LogP contribution in [0.2, 0.25) is 5.02 Å². The number of rotatable bonds is 4. The van der Waals surface area contributed by atoms with Crippen molar-refractivity contribution in [1.29, 1.82) is 0 Å². The molecule has 1 aromatic rings. The van der Waals surface area contributed by atoms with E-state index in [1.807, 2.05) is 0 Å². The van der Waals surface area contributed by atoms with Crippen LogP contribution in [0, 0.1) is 0 Å². The summed E-state index contributed by atoms with van der Waals surface area (Å²) in [5, 5.41) is 0.352. The molecule has 0 aliphatic carbocycles. The second kappa shape index (κ2) is 5.38. The van der Waals surface area contributed by atoms with Gasteiger partial charge in [-0.1, -0.05) is 11.6 Å². The van der Waals surface area contributed by atoms with Crippen LogP contribution in [0.25, 0.3) is 0 Å². The molecule has 19 heavy (non-hydrogen) atoms. The summed E-state index contributed by atoms with van der Waals surface area (Å²) < 4.78 is 33.5. The van der Waals surface area contributed by atoms with Gasteiger partial charge in [0.2, 0.25) is 0 Å². The first-order valence-corrected chi connectivity index (χ1v) is 7.85. The van der Waals surface area contributed by atoms with Gasteiger partial charge in [-0.2, -0.15) is 0 Å². The quantitative estimate of drug-likeness (QED) is 0.792. The van der Waals surface area contributed by atoms with Crippen molar-refractivity contribution in [2.24, 2.45) is 0 Å². The number of hydrogen-bond donors (Lipinski definition) is 0. The van der Waals surface area contributed by atoms with Gasteiger partial charge >= 0.3 is 0 Å². The Kier molecular flexibility index (Phi) is 4.01. The third-order valence-electron chi connectivity index (χ3n) is 2.87. The van der Waals surface area contributed by atoms with E-state index in [9.17, 15) is 13.2 Å². The van der Waals surface area contributed by atoms with Gasteiger partial charge in [0.15, 0.2) is 27.6 Å². The van der Waals surface area contributed by atoms with Crippen molar-refractivity contribution < 1.29 is 22.7 Å². The molecule has 7 heteroatoms. The van der Waals surface area contributed by atoms with Crippen LogP contribution in [0.1, 0.15) is 16.8 Å². The zero-order chi connectivity index (χ0) is 14.0. The second-order valence-corrected chi connectivity index (χ2v) is 6.95. The minimum Gasteiger partial charge on any atom is -0.493 e. The highest BCUT2D eigenvalue weighted by atomic mass is 35.5. The Morgan fingerprint density at radius 1 is 1.42 bits per heavy atom. The largest absolute Gasteiger partial charge is 0.493 e. The number of carbonyl (C=O) groups excluding carboxylic acids is 1. The Morgan fingerprint density at radius 2 is 2.16 bits per heavy atom. The maximum atomic E-state index is 11.4. The molecule has 1 saturated heterocycles. The molecule has 0 saturated carbocycles. The van der Waals surface area contributed by atoms with E-state index in [0.717, 1.165) is 0 Å². The van der Waals surface area contributed by atoms with Crippen molar-refractivity contribution in [3.05, 3.63) is 22.7 Å². The summed E-state index contributed by atoms with van der Waals surface area (Å²) in [6, 6.07) is 2.98. The highest BCUT2D eigenvalue weighted by Gasteiger charge is 2.30. The highest BCUT2D eigenvalue weighted by molar-refractivity contribution is 7.91. The third kappa shape index (κ3) is 3.19. The summed E-state index contributed by atoms with van der Waals surface area (Å²) in [6.07, 6.45) is 0.554. The lowest BCUT2D eigenvalue weighted by Gasteiger charge is -2.17. The predicted molar refractivity (Wildman–Crippen MR) is 71.1 cm³/mol. The maximum Gasteiger partial charge on any atom is 0.172 e. The lowest BCUT2D eigenvalue weighted by atomic mass is 10.2. The zero-order valence-corrected chi connectivity index (χ0v) is 11.8. The lowest BCUT2D eigenvalue weighted by Crippen LogP contribution is -2.19. The average molecular weight is 305 g/mol. The molecule has 1 atom stereocenters. The van der Waals surface area contributed by atoms with Gasteiger partial charge < -0.3 is 9.47 Å². The van der Waals surface area contributed by atoms with E-state index >= 15 is 0 Å². The van der Waals surface area contributed by atoms with Crippen LogP contribution >= 0.6 is 11.6 Å². The highest BCUT2D eigenvalue weighted by Crippen LogP contribution is 2.35. The molecule has 1 aliphatic heterocycles. The molecule has 0 radical (unpaired) electrons. The summed E-state index contributed by atoms with van der Waals surface area (Å²) in [5.74, 6) is 0.615. The molecule has 104 valence electrons. The molecule has 5 nitrogen and oxygen atoms in total. The molecular weight excluding hydrogens is 292 g/mol. The SMILES string of the molecule is COc1cc(Cl)cc(C=O)c1OC1CCS(=O)(=O)C1. The first-order chi connectivity index (χ1) is 8.95. The van der Waals surface area contributed by atoms with Crippen LogP contribution in [0.3, 0.4) is 0 Å². The molecule has 1 aliphatic rings. The van der Waals surface area contributed by atoms with Crippen LogP contribution in [-0.2, 0) is 9.84 Å². The number of aldehydes is 1. The Balaban J connectivity index is 2.31. The van der Waals surface area contributed by atoms with Crippen molar-refractivity contribution in [2.45, 2.75) is 12.5 Å². The molecule has 1 unspecified atom stereocenters. The minimum atomic E-state index is -3.04. The fourth-order valence-electron chi connectivity index (χ4n) is 1.97. The summed E-state index contributed by atoms with van der Waals surface area (Å²) in [5.41, 5.74) is 0.244. The van der Waals surface area contributed by atoms with E-state index in [0.29, 0.717) is 23.5 Å². The van der Waals surface area contributed by atoms with Crippen molar-refractivity contribution in [1.82, 2.24) is 0 Å². The van der Waals surface area contributed by atoms with Gasteiger partial charge in [-0.05, 0) is 12.5 Å². The van der Waals surface area contributed by atoms with Crippen LogP contribution in [-0.4, -0.2) is 39.4 Å². The fraction of sp³-hybridized carbons (Fsp3) is 0.417. The minimum absolute atomic E-state index is 0.0446. The molecule has 0 amide bonds. The molecule has 0 N–H and O–H groups in total. The van der Waals surface area contributed by atoms with Crippen LogP contribution in [0.15, 0.2) is 12.1 Å². The first kappa shape index (κ1) is 14.1. The van der Waals surface area contributed by atoms with E-state index in [1.165, 1.54) is 19.2 Å². The summed E-state index contributed by atoms with van der Waals surface area (Å²) in [6.45, 7) is 0. The van der Waals surface area contributed by atoms with E-state index in [-0.39, 0.29) is 22.8 Å². The molecule has 0 spiro atoms. The lowest BCUT2D eigenvalue weighted by molar-refractivity contribution is 0.111. The van der Waals surface area contributed by atoms with Gasteiger partial charge in [-0.3, -0.25) is 4.79 Å². The molecule has 1 aromatic carbocycles. The molecule has 1 fully saturated rings. The van der Waals surface area contributed by atoms with Crippen LogP contribution in [0.5, 0.6) is 11.5 Å². The maximum absolute atomic E-state index is 11.4. The summed E-state index contributed by atoms with van der Waals surface area (Å²) in [4.78, 5) is 11.0. The number of sulfone groups is 1. The molecular formula is C12H13ClO5S. The van der Waals surface area contributed by atoms with Crippen LogP contribution < -0.4 is 9.47 Å². The fourth-order valence-corrected chi connectivity index (χ4v) is 3.78. The van der Waals surface area contributed by atoms with Crippen molar-refractivity contribution in [3.63, 3.8) is 0 Å².